The van der Waals surface area contributed by atoms with E-state index in [1.807, 2.05) is 18.2 Å². The summed E-state index contributed by atoms with van der Waals surface area (Å²) in [4.78, 5) is 5.30. The third kappa shape index (κ3) is 2.29. The molecular formula is C11H14ClN3S. The van der Waals surface area contributed by atoms with Crippen LogP contribution in [0.15, 0.2) is 18.2 Å². The summed E-state index contributed by atoms with van der Waals surface area (Å²) in [5, 5.41) is 0.725. The van der Waals surface area contributed by atoms with E-state index in [-0.39, 0.29) is 0 Å². The average molecular weight is 256 g/mol. The fraction of sp³-hybridized carbons (Fsp3) is 0.364. The van der Waals surface area contributed by atoms with Gasteiger partial charge in [-0.2, -0.15) is 0 Å². The largest absolute Gasteiger partial charge is 0.331 e. The topological polar surface area (TPSA) is 24.0 Å². The van der Waals surface area contributed by atoms with E-state index in [0.717, 1.165) is 33.9 Å². The van der Waals surface area contributed by atoms with Crippen LogP contribution in [0.1, 0.15) is 0 Å². The SMILES string of the molecule is CN(C)CCn1c(=S)[nH]c2cc(Cl)ccc21. The molecule has 1 aromatic carbocycles. The molecule has 1 aromatic heterocycles. The van der Waals surface area contributed by atoms with Gasteiger partial charge in [-0.05, 0) is 44.5 Å². The molecule has 0 aliphatic heterocycles. The Bertz CT molecular complexity index is 556. The second-order valence-electron chi connectivity index (χ2n) is 4.05. The first kappa shape index (κ1) is 11.6. The minimum Gasteiger partial charge on any atom is -0.331 e. The number of halogens is 1. The Labute approximate surface area is 105 Å². The molecule has 0 saturated carbocycles. The van der Waals surface area contributed by atoms with Crippen molar-refractivity contribution in [1.82, 2.24) is 14.5 Å². The Kier molecular flexibility index (Phi) is 3.33. The summed E-state index contributed by atoms with van der Waals surface area (Å²) >= 11 is 11.2. The molecule has 0 amide bonds. The van der Waals surface area contributed by atoms with Crippen LogP contribution in [0.5, 0.6) is 0 Å². The van der Waals surface area contributed by atoms with Crippen LogP contribution in [0.2, 0.25) is 5.02 Å². The van der Waals surface area contributed by atoms with E-state index in [1.165, 1.54) is 0 Å². The van der Waals surface area contributed by atoms with Crippen molar-refractivity contribution in [3.05, 3.63) is 28.0 Å². The highest BCUT2D eigenvalue weighted by atomic mass is 35.5. The molecule has 2 aromatic rings. The lowest BCUT2D eigenvalue weighted by molar-refractivity contribution is 0.385. The predicted molar refractivity (Wildman–Crippen MR) is 70.7 cm³/mol. The van der Waals surface area contributed by atoms with Crippen molar-refractivity contribution in [1.29, 1.82) is 0 Å². The number of hydrogen-bond acceptors (Lipinski definition) is 2. The molecule has 16 heavy (non-hydrogen) atoms. The van der Waals surface area contributed by atoms with Gasteiger partial charge in [-0.3, -0.25) is 0 Å². The number of aromatic amines is 1. The van der Waals surface area contributed by atoms with Gasteiger partial charge in [-0.25, -0.2) is 0 Å². The summed E-state index contributed by atoms with van der Waals surface area (Å²) in [7, 11) is 4.10. The van der Waals surface area contributed by atoms with Crippen LogP contribution < -0.4 is 0 Å². The van der Waals surface area contributed by atoms with Gasteiger partial charge in [0.25, 0.3) is 0 Å². The number of likely N-dealkylation sites (N-methyl/N-ethyl adjacent to an activating group) is 1. The van der Waals surface area contributed by atoms with Crippen LogP contribution in [0.25, 0.3) is 11.0 Å². The van der Waals surface area contributed by atoms with Gasteiger partial charge in [-0.1, -0.05) is 11.6 Å². The predicted octanol–water partition coefficient (Wildman–Crippen LogP) is 2.91. The number of aromatic nitrogens is 2. The van der Waals surface area contributed by atoms with Gasteiger partial charge in [0.15, 0.2) is 4.77 Å². The van der Waals surface area contributed by atoms with Gasteiger partial charge in [0.05, 0.1) is 11.0 Å². The van der Waals surface area contributed by atoms with Gasteiger partial charge in [-0.15, -0.1) is 0 Å². The van der Waals surface area contributed by atoms with Crippen LogP contribution >= 0.6 is 23.8 Å². The standard InChI is InChI=1S/C11H14ClN3S/c1-14(2)5-6-15-10-4-3-8(12)7-9(10)13-11(15)16/h3-4,7H,5-6H2,1-2H3,(H,13,16). The molecule has 0 bridgehead atoms. The van der Waals surface area contributed by atoms with E-state index in [9.17, 15) is 0 Å². The van der Waals surface area contributed by atoms with Crippen molar-refractivity contribution >= 4 is 34.9 Å². The molecule has 0 spiro atoms. The molecule has 0 unspecified atom stereocenters. The van der Waals surface area contributed by atoms with E-state index in [1.54, 1.807) is 0 Å². The number of rotatable bonds is 3. The Morgan fingerprint density at radius 1 is 1.44 bits per heavy atom. The quantitative estimate of drug-likeness (QED) is 0.853. The van der Waals surface area contributed by atoms with Gasteiger partial charge in [0.1, 0.15) is 0 Å². The molecule has 0 fully saturated rings. The number of nitrogens with one attached hydrogen (secondary N) is 1. The maximum atomic E-state index is 5.94. The zero-order chi connectivity index (χ0) is 11.7. The molecule has 3 nitrogen and oxygen atoms in total. The highest BCUT2D eigenvalue weighted by Gasteiger charge is 2.04. The van der Waals surface area contributed by atoms with E-state index in [4.69, 9.17) is 23.8 Å². The average Bonchev–Trinajstić information content (AvgIpc) is 2.50. The lowest BCUT2D eigenvalue weighted by Crippen LogP contribution is -2.18. The van der Waals surface area contributed by atoms with Gasteiger partial charge in [0, 0.05) is 18.1 Å². The summed E-state index contributed by atoms with van der Waals surface area (Å²) in [6.07, 6.45) is 0. The molecule has 5 heteroatoms. The normalized spacial score (nSPS) is 11.5. The second-order valence-corrected chi connectivity index (χ2v) is 4.87. The molecule has 86 valence electrons. The maximum absolute atomic E-state index is 5.94. The van der Waals surface area contributed by atoms with E-state index in [0.29, 0.717) is 0 Å². The molecule has 2 rings (SSSR count). The fourth-order valence-corrected chi connectivity index (χ4v) is 2.13. The van der Waals surface area contributed by atoms with E-state index < -0.39 is 0 Å². The van der Waals surface area contributed by atoms with Crippen molar-refractivity contribution in [2.45, 2.75) is 6.54 Å². The van der Waals surface area contributed by atoms with Crippen LogP contribution in [0.4, 0.5) is 0 Å². The molecule has 0 aliphatic rings. The van der Waals surface area contributed by atoms with Gasteiger partial charge < -0.3 is 14.5 Å². The van der Waals surface area contributed by atoms with E-state index >= 15 is 0 Å². The Morgan fingerprint density at radius 2 is 2.19 bits per heavy atom. The lowest BCUT2D eigenvalue weighted by Gasteiger charge is -2.10. The van der Waals surface area contributed by atoms with Crippen LogP contribution in [0, 0.1) is 4.77 Å². The number of fused-ring (bicyclic) bond motifs is 1. The molecule has 0 aliphatic carbocycles. The zero-order valence-electron chi connectivity index (χ0n) is 9.33. The lowest BCUT2D eigenvalue weighted by atomic mass is 10.3. The second kappa shape index (κ2) is 4.57. The van der Waals surface area contributed by atoms with Crippen molar-refractivity contribution in [2.75, 3.05) is 20.6 Å². The minimum absolute atomic E-state index is 0.725. The number of H-pyrrole nitrogens is 1. The first-order chi connectivity index (χ1) is 7.58. The zero-order valence-corrected chi connectivity index (χ0v) is 10.9. The summed E-state index contributed by atoms with van der Waals surface area (Å²) in [5.74, 6) is 0. The van der Waals surface area contributed by atoms with Crippen LogP contribution in [-0.2, 0) is 6.54 Å². The summed E-state index contributed by atoms with van der Waals surface area (Å²) < 4.78 is 2.85. The molecule has 0 saturated heterocycles. The molecule has 1 heterocycles. The van der Waals surface area contributed by atoms with Gasteiger partial charge >= 0.3 is 0 Å². The smallest absolute Gasteiger partial charge is 0.178 e. The fourth-order valence-electron chi connectivity index (χ4n) is 1.66. The van der Waals surface area contributed by atoms with Gasteiger partial charge in [0.2, 0.25) is 0 Å². The summed E-state index contributed by atoms with van der Waals surface area (Å²) in [6, 6.07) is 5.79. The van der Waals surface area contributed by atoms with Crippen LogP contribution in [0.3, 0.4) is 0 Å². The molecular weight excluding hydrogens is 242 g/mol. The number of benzene rings is 1. The molecule has 1 N–H and O–H groups in total. The molecule has 0 atom stereocenters. The number of nitrogens with zero attached hydrogens (tertiary/aromatic N) is 2. The van der Waals surface area contributed by atoms with Crippen molar-refractivity contribution in [2.24, 2.45) is 0 Å². The third-order valence-corrected chi connectivity index (χ3v) is 3.06. The van der Waals surface area contributed by atoms with Crippen molar-refractivity contribution < 1.29 is 0 Å². The Morgan fingerprint density at radius 3 is 2.88 bits per heavy atom. The third-order valence-electron chi connectivity index (χ3n) is 2.51. The highest BCUT2D eigenvalue weighted by Crippen LogP contribution is 2.18. The first-order valence-electron chi connectivity index (χ1n) is 5.11. The monoisotopic (exact) mass is 255 g/mol. The Balaban J connectivity index is 2.44. The number of hydrogen-bond donors (Lipinski definition) is 1. The summed E-state index contributed by atoms with van der Waals surface area (Å²) in [6.45, 7) is 1.84. The highest BCUT2D eigenvalue weighted by molar-refractivity contribution is 7.71. The van der Waals surface area contributed by atoms with E-state index in [2.05, 4.69) is 28.5 Å². The first-order valence-corrected chi connectivity index (χ1v) is 5.89. The minimum atomic E-state index is 0.725. The summed E-state index contributed by atoms with van der Waals surface area (Å²) in [5.41, 5.74) is 2.10. The maximum Gasteiger partial charge on any atom is 0.178 e. The van der Waals surface area contributed by atoms with Crippen molar-refractivity contribution in [3.63, 3.8) is 0 Å². The van der Waals surface area contributed by atoms with Crippen LogP contribution in [-0.4, -0.2) is 35.1 Å². The molecule has 0 radical (unpaired) electrons. The number of imidazole rings is 1. The van der Waals surface area contributed by atoms with Crippen molar-refractivity contribution in [3.8, 4) is 0 Å². The Hall–Kier alpha value is -0.840.